The fourth-order valence-corrected chi connectivity index (χ4v) is 10.5. The van der Waals surface area contributed by atoms with E-state index < -0.39 is 33.4 Å². The molecule has 6 rings (SSSR count). The third-order valence-corrected chi connectivity index (χ3v) is 14.0. The van der Waals surface area contributed by atoms with Crippen LogP contribution < -0.4 is 14.8 Å². The van der Waals surface area contributed by atoms with Gasteiger partial charge in [-0.25, -0.2) is 8.42 Å². The number of hydrogen-bond donors (Lipinski definition) is 3. The maximum Gasteiger partial charge on any atom is 0.243 e. The third-order valence-electron chi connectivity index (χ3n) is 12.1. The van der Waals surface area contributed by atoms with Crippen molar-refractivity contribution in [2.45, 2.75) is 115 Å². The molecule has 13 heteroatoms. The summed E-state index contributed by atoms with van der Waals surface area (Å²) in [5, 5.41) is 27.4. The number of sulfonamides is 1. The maximum atomic E-state index is 14.8. The number of likely N-dealkylation sites (N-methyl/N-ethyl adjacent to an activating group) is 1. The zero-order valence-corrected chi connectivity index (χ0v) is 37.5. The quantitative estimate of drug-likeness (QED) is 0.0647. The van der Waals surface area contributed by atoms with Crippen molar-refractivity contribution in [2.24, 2.45) is 22.9 Å². The molecule has 0 radical (unpaired) electrons. The van der Waals surface area contributed by atoms with Gasteiger partial charge in [-0.1, -0.05) is 36.2 Å². The van der Waals surface area contributed by atoms with Crippen LogP contribution in [-0.4, -0.2) is 78.9 Å². The Balaban J connectivity index is 1.59. The van der Waals surface area contributed by atoms with Crippen LogP contribution in [0.4, 0.5) is 5.69 Å². The molecule has 3 aliphatic rings. The molecule has 2 aliphatic carbocycles. The molecular weight excluding hydrogens is 795 g/mol. The Morgan fingerprint density at radius 1 is 0.984 bits per heavy atom. The minimum atomic E-state index is -4.22. The van der Waals surface area contributed by atoms with E-state index in [1.807, 2.05) is 57.2 Å². The van der Waals surface area contributed by atoms with Gasteiger partial charge < -0.3 is 34.6 Å². The molecule has 0 aromatic heterocycles. The summed E-state index contributed by atoms with van der Waals surface area (Å²) in [6.07, 6.45) is 8.42. The number of oxime groups is 1. The molecule has 0 spiro atoms. The molecule has 330 valence electrons. The van der Waals surface area contributed by atoms with Gasteiger partial charge in [-0.15, -0.1) is 6.58 Å². The molecule has 6 unspecified atom stereocenters. The molecule has 1 aliphatic heterocycles. The molecule has 3 aromatic carbocycles. The second-order valence-electron chi connectivity index (χ2n) is 17.6. The molecule has 1 fully saturated rings. The Morgan fingerprint density at radius 3 is 2.30 bits per heavy atom. The predicted molar refractivity (Wildman–Crippen MR) is 237 cm³/mol. The van der Waals surface area contributed by atoms with Gasteiger partial charge in [0.1, 0.15) is 22.8 Å². The first kappa shape index (κ1) is 46.0. The molecule has 6 atom stereocenters. The number of allylic oxidation sites excluding steroid dienone is 1. The van der Waals surface area contributed by atoms with Crippen molar-refractivity contribution in [2.75, 3.05) is 32.2 Å². The number of nitrogens with zero attached hydrogens (tertiary/aromatic N) is 2. The molecule has 1 saturated carbocycles. The number of amides is 1. The molecule has 0 saturated heterocycles. The van der Waals surface area contributed by atoms with Crippen molar-refractivity contribution >= 4 is 27.3 Å². The number of unbranched alkanes of at least 4 members (excludes halogenated alkanes) is 2. The molecule has 0 bridgehead atoms. The Kier molecular flexibility index (Phi) is 14.5. The number of fused-ring (bicyclic) bond motifs is 2. The van der Waals surface area contributed by atoms with E-state index >= 15 is 0 Å². The van der Waals surface area contributed by atoms with E-state index in [4.69, 9.17) is 24.2 Å². The van der Waals surface area contributed by atoms with Crippen LogP contribution in [0.1, 0.15) is 95.2 Å². The molecule has 3 aromatic rings. The number of aliphatic hydroxyl groups is 2. The molecule has 3 N–H and O–H groups in total. The van der Waals surface area contributed by atoms with E-state index in [0.717, 1.165) is 47.9 Å². The molecule has 61 heavy (non-hydrogen) atoms. The van der Waals surface area contributed by atoms with Gasteiger partial charge in [0.25, 0.3) is 0 Å². The Hall–Kier alpha value is -4.53. The van der Waals surface area contributed by atoms with Crippen LogP contribution in [0.2, 0.25) is 0 Å². The highest BCUT2D eigenvalue weighted by atomic mass is 32.2. The summed E-state index contributed by atoms with van der Waals surface area (Å²) in [5.41, 5.74) is 4.48. The van der Waals surface area contributed by atoms with Gasteiger partial charge >= 0.3 is 0 Å². The largest absolute Gasteiger partial charge is 0.460 e. The van der Waals surface area contributed by atoms with Gasteiger partial charge in [-0.2, -0.15) is 4.31 Å². The van der Waals surface area contributed by atoms with E-state index in [9.17, 15) is 23.4 Å². The Labute approximate surface area is 361 Å². The lowest BCUT2D eigenvalue weighted by molar-refractivity contribution is -0.250. The van der Waals surface area contributed by atoms with E-state index in [1.165, 1.54) is 23.4 Å². The van der Waals surface area contributed by atoms with Crippen molar-refractivity contribution in [1.29, 1.82) is 0 Å². The van der Waals surface area contributed by atoms with Crippen LogP contribution in [0.3, 0.4) is 0 Å². The summed E-state index contributed by atoms with van der Waals surface area (Å²) in [6.45, 7) is 15.5. The molecular formula is C48H63N3O9S. The number of hydrogen-bond acceptors (Lipinski definition) is 10. The standard InChI is InChI=1S/C48H63N3O9S/c1-9-26-57-48-44(51(8)61(55,56)38-21-17-35(18-22-38)49-33(4)54)30-42(50-60-47(5,6)7)40-28-34(14-10-12-24-52)39(15-11-13-25-53)45(46(40)48)41-29-37(20-23-43(41)59-48)58-36-19-16-31(2)32(3)27-36/h9,16-23,27-29,34,39,44-46,52-53H,1,10-15,24-26,30H2,2-8H3,(H,49,54). The number of rotatable bonds is 18. The summed E-state index contributed by atoms with van der Waals surface area (Å²) in [6, 6.07) is 16.9. The van der Waals surface area contributed by atoms with Gasteiger partial charge in [0, 0.05) is 50.8 Å². The van der Waals surface area contributed by atoms with Crippen molar-refractivity contribution in [3.63, 3.8) is 0 Å². The number of benzene rings is 3. The van der Waals surface area contributed by atoms with Crippen molar-refractivity contribution in [3.8, 4) is 17.2 Å². The average Bonchev–Trinajstić information content (AvgIpc) is 3.21. The SMILES string of the molecule is C=CCOC12Oc3ccc(Oc4ccc(C)c(C)c4)cc3C3C(CCCCO)C(CCCCO)C=C(C(=NOC(C)(C)C)CC1N(C)S(=O)(=O)c1ccc(NC(C)=O)cc1)C32. The maximum absolute atomic E-state index is 14.8. The number of nitrogens with one attached hydrogen (secondary N) is 1. The first-order valence-corrected chi connectivity index (χ1v) is 22.8. The lowest BCUT2D eigenvalue weighted by atomic mass is 9.55. The fourth-order valence-electron chi connectivity index (χ4n) is 9.12. The minimum Gasteiger partial charge on any atom is -0.460 e. The van der Waals surface area contributed by atoms with E-state index in [-0.39, 0.29) is 54.8 Å². The number of anilines is 1. The Bertz CT molecular complexity index is 2220. The first-order valence-electron chi connectivity index (χ1n) is 21.4. The highest BCUT2D eigenvalue weighted by Gasteiger charge is 2.65. The van der Waals surface area contributed by atoms with Crippen LogP contribution in [0.15, 0.2) is 95.0 Å². The normalized spacial score (nSPS) is 24.0. The smallest absolute Gasteiger partial charge is 0.243 e. The van der Waals surface area contributed by atoms with Crippen LogP contribution in [0.5, 0.6) is 17.2 Å². The van der Waals surface area contributed by atoms with Gasteiger partial charge in [0.2, 0.25) is 21.7 Å². The van der Waals surface area contributed by atoms with Gasteiger partial charge in [0.15, 0.2) is 0 Å². The second-order valence-corrected chi connectivity index (χ2v) is 19.5. The van der Waals surface area contributed by atoms with Crippen LogP contribution in [0.25, 0.3) is 0 Å². The summed E-state index contributed by atoms with van der Waals surface area (Å²) >= 11 is 0. The second kappa shape index (κ2) is 19.2. The van der Waals surface area contributed by atoms with Gasteiger partial charge in [0.05, 0.1) is 29.2 Å². The minimum absolute atomic E-state index is 0.00279. The van der Waals surface area contributed by atoms with Crippen molar-refractivity contribution in [3.05, 3.63) is 102 Å². The topological polar surface area (TPSA) is 156 Å². The lowest BCUT2D eigenvalue weighted by Crippen LogP contribution is -2.69. The van der Waals surface area contributed by atoms with Gasteiger partial charge in [-0.05, 0) is 143 Å². The lowest BCUT2D eigenvalue weighted by Gasteiger charge is -2.59. The van der Waals surface area contributed by atoms with Crippen molar-refractivity contribution < 1.29 is 42.5 Å². The zero-order chi connectivity index (χ0) is 44.1. The van der Waals surface area contributed by atoms with Crippen LogP contribution in [0, 0.1) is 31.6 Å². The highest BCUT2D eigenvalue weighted by Crippen LogP contribution is 2.62. The zero-order valence-electron chi connectivity index (χ0n) is 36.6. The first-order chi connectivity index (χ1) is 29.0. The number of carbonyl (C=O) groups is 1. The van der Waals surface area contributed by atoms with Crippen LogP contribution in [-0.2, 0) is 24.4 Å². The number of ether oxygens (including phenoxy) is 3. The van der Waals surface area contributed by atoms with E-state index in [1.54, 1.807) is 25.3 Å². The average molecular weight is 858 g/mol. The summed E-state index contributed by atoms with van der Waals surface area (Å²) in [5.74, 6) is -0.776. The molecule has 12 nitrogen and oxygen atoms in total. The molecule has 1 heterocycles. The number of aliphatic hydroxyl groups excluding tert-OH is 2. The summed E-state index contributed by atoms with van der Waals surface area (Å²) in [7, 11) is -2.68. The van der Waals surface area contributed by atoms with E-state index in [0.29, 0.717) is 41.5 Å². The van der Waals surface area contributed by atoms with Crippen LogP contribution >= 0.6 is 0 Å². The fraction of sp³-hybridized carbons (Fsp3) is 0.500. The summed E-state index contributed by atoms with van der Waals surface area (Å²) in [4.78, 5) is 18.0. The predicted octanol–water partition coefficient (Wildman–Crippen LogP) is 8.81. The molecule has 1 amide bonds. The number of aryl methyl sites for hydroxylation is 2. The number of carbonyl (C=O) groups excluding carboxylic acids is 1. The van der Waals surface area contributed by atoms with Gasteiger partial charge in [-0.3, -0.25) is 4.79 Å². The Morgan fingerprint density at radius 2 is 1.66 bits per heavy atom. The summed E-state index contributed by atoms with van der Waals surface area (Å²) < 4.78 is 51.7. The highest BCUT2D eigenvalue weighted by molar-refractivity contribution is 7.89. The van der Waals surface area contributed by atoms with Crippen molar-refractivity contribution in [1.82, 2.24) is 4.31 Å². The third kappa shape index (κ3) is 10.1. The monoisotopic (exact) mass is 857 g/mol. The van der Waals surface area contributed by atoms with E-state index in [2.05, 4.69) is 31.8 Å².